The number of hydrogen-bond donors (Lipinski definition) is 0. The van der Waals surface area contributed by atoms with Gasteiger partial charge in [-0.3, -0.25) is 0 Å². The van der Waals surface area contributed by atoms with Crippen LogP contribution in [0, 0.1) is 0 Å². The third kappa shape index (κ3) is 2.34. The zero-order chi connectivity index (χ0) is 14.2. The highest BCUT2D eigenvalue weighted by atomic mass is 32.2. The first-order valence-electron chi connectivity index (χ1n) is 7.66. The molecule has 0 N–H and O–H groups in total. The second-order valence-corrected chi connectivity index (χ2v) is 7.03. The summed E-state index contributed by atoms with van der Waals surface area (Å²) in [5.41, 5.74) is 2.77. The average molecular weight is 296 g/mol. The van der Waals surface area contributed by atoms with E-state index in [0.717, 1.165) is 0 Å². The van der Waals surface area contributed by atoms with Crippen LogP contribution in [0.25, 0.3) is 0 Å². The number of fused-ring (bicyclic) bond motifs is 2. The molecule has 0 bridgehead atoms. The molecule has 0 spiro atoms. The highest BCUT2D eigenvalue weighted by Crippen LogP contribution is 2.49. The summed E-state index contributed by atoms with van der Waals surface area (Å²) in [6.07, 6.45) is 2.48. The Kier molecular flexibility index (Phi) is 3.40. The van der Waals surface area contributed by atoms with Gasteiger partial charge >= 0.3 is 0 Å². The molecule has 2 heterocycles. The maximum atomic E-state index is 2.59. The number of para-hydroxylation sites is 2. The quantitative estimate of drug-likeness (QED) is 0.771. The first kappa shape index (κ1) is 13.2. The fourth-order valence-corrected chi connectivity index (χ4v) is 4.45. The Hall–Kier alpha value is -1.45. The molecule has 2 aliphatic heterocycles. The summed E-state index contributed by atoms with van der Waals surface area (Å²) in [7, 11) is 2.23. The molecule has 2 aromatic rings. The highest BCUT2D eigenvalue weighted by Gasteiger charge is 2.30. The van der Waals surface area contributed by atoms with Crippen LogP contribution in [0.15, 0.2) is 58.3 Å². The molecule has 0 saturated carbocycles. The summed E-state index contributed by atoms with van der Waals surface area (Å²) in [6.45, 7) is 2.39. The monoisotopic (exact) mass is 296 g/mol. The summed E-state index contributed by atoms with van der Waals surface area (Å²) >= 11 is 1.90. The van der Waals surface area contributed by atoms with Crippen molar-refractivity contribution in [2.24, 2.45) is 0 Å². The SMILES string of the molecule is CN1CCC(N2c3ccccc3Sc3ccccc32)CC1. The Morgan fingerprint density at radius 2 is 1.38 bits per heavy atom. The summed E-state index contributed by atoms with van der Waals surface area (Å²) < 4.78 is 0. The molecule has 1 fully saturated rings. The molecule has 3 heteroatoms. The summed E-state index contributed by atoms with van der Waals surface area (Å²) in [5, 5.41) is 0. The molecule has 108 valence electrons. The molecule has 2 aromatic carbocycles. The summed E-state index contributed by atoms with van der Waals surface area (Å²) in [4.78, 5) is 7.80. The van der Waals surface area contributed by atoms with Gasteiger partial charge < -0.3 is 9.80 Å². The third-order valence-corrected chi connectivity index (χ3v) is 5.65. The predicted octanol–water partition coefficient (Wildman–Crippen LogP) is 4.38. The normalized spacial score (nSPS) is 19.2. The summed E-state index contributed by atoms with van der Waals surface area (Å²) in [6, 6.07) is 18.3. The van der Waals surface area contributed by atoms with Crippen LogP contribution in [-0.4, -0.2) is 31.1 Å². The van der Waals surface area contributed by atoms with Crippen LogP contribution >= 0.6 is 11.8 Å². The first-order valence-corrected chi connectivity index (χ1v) is 8.48. The van der Waals surface area contributed by atoms with Crippen molar-refractivity contribution in [2.45, 2.75) is 28.7 Å². The standard InChI is InChI=1S/C18H20N2S/c1-19-12-10-14(11-13-19)20-15-6-2-4-8-17(15)21-18-9-5-3-7-16(18)20/h2-9,14H,10-13H2,1H3. The van der Waals surface area contributed by atoms with Gasteiger partial charge in [0.05, 0.1) is 11.4 Å². The lowest BCUT2D eigenvalue weighted by molar-refractivity contribution is 0.255. The number of hydrogen-bond acceptors (Lipinski definition) is 3. The number of nitrogens with zero attached hydrogens (tertiary/aromatic N) is 2. The lowest BCUT2D eigenvalue weighted by Gasteiger charge is -2.42. The Bertz CT molecular complexity index is 602. The number of piperidine rings is 1. The molecule has 2 aliphatic rings. The molecule has 0 radical (unpaired) electrons. The van der Waals surface area contributed by atoms with Crippen LogP contribution in [0.2, 0.25) is 0 Å². The van der Waals surface area contributed by atoms with E-state index in [1.165, 1.54) is 47.1 Å². The zero-order valence-corrected chi connectivity index (χ0v) is 13.1. The van der Waals surface area contributed by atoms with Gasteiger partial charge in [0.25, 0.3) is 0 Å². The fourth-order valence-electron chi connectivity index (χ4n) is 3.38. The smallest absolute Gasteiger partial charge is 0.0555 e. The maximum Gasteiger partial charge on any atom is 0.0555 e. The minimum Gasteiger partial charge on any atom is -0.336 e. The molecule has 4 rings (SSSR count). The Morgan fingerprint density at radius 3 is 1.95 bits per heavy atom. The van der Waals surface area contributed by atoms with Gasteiger partial charge in [-0.05, 0) is 57.2 Å². The van der Waals surface area contributed by atoms with E-state index < -0.39 is 0 Å². The molecular weight excluding hydrogens is 276 g/mol. The molecule has 0 aromatic heterocycles. The van der Waals surface area contributed by atoms with Crippen LogP contribution < -0.4 is 4.90 Å². The van der Waals surface area contributed by atoms with Crippen molar-refractivity contribution in [3.05, 3.63) is 48.5 Å². The van der Waals surface area contributed by atoms with Crippen molar-refractivity contribution < 1.29 is 0 Å². The molecule has 0 amide bonds. The minimum absolute atomic E-state index is 0.615. The van der Waals surface area contributed by atoms with Gasteiger partial charge in [0.1, 0.15) is 0 Å². The maximum absolute atomic E-state index is 2.59. The fraction of sp³-hybridized carbons (Fsp3) is 0.333. The van der Waals surface area contributed by atoms with Crippen molar-refractivity contribution in [2.75, 3.05) is 25.0 Å². The average Bonchev–Trinajstić information content (AvgIpc) is 2.53. The minimum atomic E-state index is 0.615. The van der Waals surface area contributed by atoms with E-state index in [4.69, 9.17) is 0 Å². The van der Waals surface area contributed by atoms with Gasteiger partial charge in [-0.25, -0.2) is 0 Å². The van der Waals surface area contributed by atoms with Crippen LogP contribution in [0.4, 0.5) is 11.4 Å². The third-order valence-electron chi connectivity index (χ3n) is 4.52. The van der Waals surface area contributed by atoms with Gasteiger partial charge in [0.2, 0.25) is 0 Å². The van der Waals surface area contributed by atoms with Crippen LogP contribution in [0.5, 0.6) is 0 Å². The van der Waals surface area contributed by atoms with Crippen molar-refractivity contribution in [1.82, 2.24) is 4.90 Å². The van der Waals surface area contributed by atoms with Gasteiger partial charge in [0, 0.05) is 15.8 Å². The summed E-state index contributed by atoms with van der Waals surface area (Å²) in [5.74, 6) is 0. The van der Waals surface area contributed by atoms with E-state index in [1.807, 2.05) is 11.8 Å². The number of likely N-dealkylation sites (tertiary alicyclic amines) is 1. The number of rotatable bonds is 1. The highest BCUT2D eigenvalue weighted by molar-refractivity contribution is 7.99. The lowest BCUT2D eigenvalue weighted by atomic mass is 10.0. The van der Waals surface area contributed by atoms with E-state index in [2.05, 4.69) is 65.4 Å². The van der Waals surface area contributed by atoms with Gasteiger partial charge in [-0.2, -0.15) is 0 Å². The number of benzene rings is 2. The molecule has 2 nitrogen and oxygen atoms in total. The Balaban J connectivity index is 1.78. The molecule has 1 saturated heterocycles. The zero-order valence-electron chi connectivity index (χ0n) is 12.3. The van der Waals surface area contributed by atoms with E-state index in [0.29, 0.717) is 6.04 Å². The lowest BCUT2D eigenvalue weighted by Crippen LogP contribution is -2.42. The van der Waals surface area contributed by atoms with Crippen LogP contribution in [-0.2, 0) is 0 Å². The van der Waals surface area contributed by atoms with Gasteiger partial charge in [-0.1, -0.05) is 36.0 Å². The Labute approximate surface area is 130 Å². The molecule has 0 atom stereocenters. The second-order valence-electron chi connectivity index (χ2n) is 5.94. The van der Waals surface area contributed by atoms with E-state index in [1.54, 1.807) is 0 Å². The Morgan fingerprint density at radius 1 is 0.857 bits per heavy atom. The molecule has 0 unspecified atom stereocenters. The first-order chi connectivity index (χ1) is 10.3. The van der Waals surface area contributed by atoms with Crippen molar-refractivity contribution in [3.8, 4) is 0 Å². The molecule has 21 heavy (non-hydrogen) atoms. The molecule has 0 aliphatic carbocycles. The van der Waals surface area contributed by atoms with Crippen molar-refractivity contribution in [3.63, 3.8) is 0 Å². The van der Waals surface area contributed by atoms with E-state index in [9.17, 15) is 0 Å². The van der Waals surface area contributed by atoms with Crippen LogP contribution in [0.1, 0.15) is 12.8 Å². The van der Waals surface area contributed by atoms with Gasteiger partial charge in [-0.15, -0.1) is 0 Å². The van der Waals surface area contributed by atoms with Gasteiger partial charge in [0.15, 0.2) is 0 Å². The van der Waals surface area contributed by atoms with Crippen molar-refractivity contribution in [1.29, 1.82) is 0 Å². The second kappa shape index (κ2) is 5.39. The topological polar surface area (TPSA) is 6.48 Å². The van der Waals surface area contributed by atoms with Crippen LogP contribution in [0.3, 0.4) is 0 Å². The van der Waals surface area contributed by atoms with Crippen molar-refractivity contribution >= 4 is 23.1 Å². The van der Waals surface area contributed by atoms with E-state index >= 15 is 0 Å². The number of anilines is 2. The molecular formula is C18H20N2S. The predicted molar refractivity (Wildman–Crippen MR) is 89.7 cm³/mol. The van der Waals surface area contributed by atoms with E-state index in [-0.39, 0.29) is 0 Å². The largest absolute Gasteiger partial charge is 0.336 e.